The standard InChI is InChI=1S/C27H27FN2O2/c28-23-12-6-8-20(16-23)17-25(31)30-15-7-14-27(19-30,26(29)32)18-22-11-4-5-13-24(22)21-9-2-1-3-10-21/h1-6,8-13,16H,7,14-15,17-19H2,(H2,29,32). The van der Waals surface area contributed by atoms with E-state index < -0.39 is 5.41 Å². The molecule has 3 aromatic carbocycles. The molecule has 0 bridgehead atoms. The highest BCUT2D eigenvalue weighted by atomic mass is 19.1. The van der Waals surface area contributed by atoms with E-state index in [1.165, 1.54) is 12.1 Å². The maximum absolute atomic E-state index is 13.5. The quantitative estimate of drug-likeness (QED) is 0.631. The van der Waals surface area contributed by atoms with Crippen molar-refractivity contribution in [2.45, 2.75) is 25.7 Å². The average molecular weight is 431 g/mol. The molecule has 2 N–H and O–H groups in total. The van der Waals surface area contributed by atoms with E-state index in [1.54, 1.807) is 17.0 Å². The monoisotopic (exact) mass is 430 g/mol. The third kappa shape index (κ3) is 4.72. The number of likely N-dealkylation sites (tertiary alicyclic amines) is 1. The van der Waals surface area contributed by atoms with Crippen molar-refractivity contribution in [1.82, 2.24) is 4.90 Å². The molecule has 1 aliphatic heterocycles. The Balaban J connectivity index is 1.58. The molecule has 0 saturated carbocycles. The van der Waals surface area contributed by atoms with Gasteiger partial charge in [-0.15, -0.1) is 0 Å². The van der Waals surface area contributed by atoms with Gasteiger partial charge in [-0.25, -0.2) is 4.39 Å². The van der Waals surface area contributed by atoms with Gasteiger partial charge in [0.1, 0.15) is 5.82 Å². The Kier molecular flexibility index (Phi) is 6.35. The van der Waals surface area contributed by atoms with Gasteiger partial charge in [0.25, 0.3) is 0 Å². The lowest BCUT2D eigenvalue weighted by Gasteiger charge is -2.41. The number of hydrogen-bond acceptors (Lipinski definition) is 2. The van der Waals surface area contributed by atoms with Crippen LogP contribution in [0.3, 0.4) is 0 Å². The zero-order valence-electron chi connectivity index (χ0n) is 18.0. The number of carbonyl (C=O) groups is 2. The van der Waals surface area contributed by atoms with E-state index in [2.05, 4.69) is 6.07 Å². The van der Waals surface area contributed by atoms with Crippen LogP contribution in [0.15, 0.2) is 78.9 Å². The molecule has 32 heavy (non-hydrogen) atoms. The summed E-state index contributed by atoms with van der Waals surface area (Å²) in [5.74, 6) is -0.862. The Morgan fingerprint density at radius 2 is 1.72 bits per heavy atom. The van der Waals surface area contributed by atoms with Gasteiger partial charge in [-0.05, 0) is 53.6 Å². The number of nitrogens with zero attached hydrogens (tertiary/aromatic N) is 1. The summed E-state index contributed by atoms with van der Waals surface area (Å²) in [4.78, 5) is 27.4. The fourth-order valence-corrected chi connectivity index (χ4v) is 4.65. The summed E-state index contributed by atoms with van der Waals surface area (Å²) in [5.41, 5.74) is 8.93. The number of halogens is 1. The molecule has 2 amide bonds. The number of primary amides is 1. The topological polar surface area (TPSA) is 63.4 Å². The van der Waals surface area contributed by atoms with Gasteiger partial charge in [0.05, 0.1) is 11.8 Å². The van der Waals surface area contributed by atoms with Gasteiger partial charge in [-0.1, -0.05) is 66.7 Å². The molecule has 1 heterocycles. The number of rotatable bonds is 6. The van der Waals surface area contributed by atoms with Gasteiger partial charge in [0.15, 0.2) is 0 Å². The van der Waals surface area contributed by atoms with Gasteiger partial charge in [-0.2, -0.15) is 0 Å². The second-order valence-corrected chi connectivity index (χ2v) is 8.57. The predicted octanol–water partition coefficient (Wildman–Crippen LogP) is 4.37. The van der Waals surface area contributed by atoms with Crippen LogP contribution in [0.5, 0.6) is 0 Å². The van der Waals surface area contributed by atoms with E-state index in [4.69, 9.17) is 5.73 Å². The van der Waals surface area contributed by atoms with Crippen molar-refractivity contribution < 1.29 is 14.0 Å². The molecule has 1 fully saturated rings. The molecule has 4 rings (SSSR count). The zero-order chi connectivity index (χ0) is 22.6. The van der Waals surface area contributed by atoms with E-state index in [-0.39, 0.29) is 30.6 Å². The molecule has 3 aromatic rings. The summed E-state index contributed by atoms with van der Waals surface area (Å²) in [6.45, 7) is 0.850. The molecular weight excluding hydrogens is 403 g/mol. The third-order valence-corrected chi connectivity index (χ3v) is 6.33. The first kappa shape index (κ1) is 21.8. The lowest BCUT2D eigenvalue weighted by Crippen LogP contribution is -2.53. The highest BCUT2D eigenvalue weighted by molar-refractivity contribution is 5.84. The molecule has 0 spiro atoms. The van der Waals surface area contributed by atoms with Crippen molar-refractivity contribution in [2.75, 3.05) is 13.1 Å². The van der Waals surface area contributed by atoms with Crippen LogP contribution in [0.4, 0.5) is 4.39 Å². The number of hydrogen-bond donors (Lipinski definition) is 1. The van der Waals surface area contributed by atoms with E-state index in [1.807, 2.05) is 48.5 Å². The fourth-order valence-electron chi connectivity index (χ4n) is 4.65. The van der Waals surface area contributed by atoms with Crippen LogP contribution in [-0.2, 0) is 22.4 Å². The van der Waals surface area contributed by atoms with Crippen molar-refractivity contribution >= 4 is 11.8 Å². The van der Waals surface area contributed by atoms with Crippen molar-refractivity contribution in [1.29, 1.82) is 0 Å². The fraction of sp³-hybridized carbons (Fsp3) is 0.259. The van der Waals surface area contributed by atoms with Crippen LogP contribution in [0.2, 0.25) is 0 Å². The van der Waals surface area contributed by atoms with Gasteiger partial charge < -0.3 is 10.6 Å². The Morgan fingerprint density at radius 3 is 2.47 bits per heavy atom. The van der Waals surface area contributed by atoms with Crippen LogP contribution in [0.1, 0.15) is 24.0 Å². The molecule has 1 aliphatic rings. The minimum absolute atomic E-state index is 0.104. The largest absolute Gasteiger partial charge is 0.369 e. The molecule has 5 heteroatoms. The first-order chi connectivity index (χ1) is 15.5. The maximum atomic E-state index is 13.5. The first-order valence-electron chi connectivity index (χ1n) is 10.9. The third-order valence-electron chi connectivity index (χ3n) is 6.33. The highest BCUT2D eigenvalue weighted by Crippen LogP contribution is 2.37. The lowest BCUT2D eigenvalue weighted by atomic mass is 9.73. The number of piperidine rings is 1. The minimum Gasteiger partial charge on any atom is -0.369 e. The Labute approximate surface area is 187 Å². The van der Waals surface area contributed by atoms with Crippen LogP contribution >= 0.6 is 0 Å². The zero-order valence-corrected chi connectivity index (χ0v) is 18.0. The second-order valence-electron chi connectivity index (χ2n) is 8.57. The number of nitrogens with two attached hydrogens (primary N) is 1. The van der Waals surface area contributed by atoms with Crippen LogP contribution in [0, 0.1) is 11.2 Å². The molecule has 0 aromatic heterocycles. The summed E-state index contributed by atoms with van der Waals surface area (Å²) in [6, 6.07) is 24.1. The highest BCUT2D eigenvalue weighted by Gasteiger charge is 2.42. The smallest absolute Gasteiger partial charge is 0.227 e. The second kappa shape index (κ2) is 9.35. The van der Waals surface area contributed by atoms with Crippen molar-refractivity contribution in [3.05, 3.63) is 95.8 Å². The van der Waals surface area contributed by atoms with Crippen molar-refractivity contribution in [3.8, 4) is 11.1 Å². The lowest BCUT2D eigenvalue weighted by molar-refractivity contribution is -0.139. The Morgan fingerprint density at radius 1 is 0.969 bits per heavy atom. The normalized spacial score (nSPS) is 18.3. The Hall–Kier alpha value is -3.47. The summed E-state index contributed by atoms with van der Waals surface area (Å²) in [6.07, 6.45) is 1.91. The van der Waals surface area contributed by atoms with Crippen LogP contribution in [0.25, 0.3) is 11.1 Å². The Bertz CT molecular complexity index is 1120. The molecule has 1 saturated heterocycles. The van der Waals surface area contributed by atoms with E-state index >= 15 is 0 Å². The van der Waals surface area contributed by atoms with E-state index in [0.29, 0.717) is 31.4 Å². The molecule has 1 atom stereocenters. The molecule has 0 radical (unpaired) electrons. The molecule has 4 nitrogen and oxygen atoms in total. The molecule has 0 aliphatic carbocycles. The van der Waals surface area contributed by atoms with Crippen molar-refractivity contribution in [3.63, 3.8) is 0 Å². The summed E-state index contributed by atoms with van der Waals surface area (Å²) >= 11 is 0. The van der Waals surface area contributed by atoms with Gasteiger partial charge in [-0.3, -0.25) is 9.59 Å². The minimum atomic E-state index is -0.833. The maximum Gasteiger partial charge on any atom is 0.227 e. The summed E-state index contributed by atoms with van der Waals surface area (Å²) < 4.78 is 13.5. The number of amides is 2. The average Bonchev–Trinajstić information content (AvgIpc) is 2.80. The van der Waals surface area contributed by atoms with Gasteiger partial charge >= 0.3 is 0 Å². The van der Waals surface area contributed by atoms with E-state index in [0.717, 1.165) is 16.7 Å². The summed E-state index contributed by atoms with van der Waals surface area (Å²) in [5, 5.41) is 0. The van der Waals surface area contributed by atoms with Gasteiger partial charge in [0.2, 0.25) is 11.8 Å². The predicted molar refractivity (Wildman–Crippen MR) is 123 cm³/mol. The van der Waals surface area contributed by atoms with E-state index in [9.17, 15) is 14.0 Å². The van der Waals surface area contributed by atoms with Crippen LogP contribution in [-0.4, -0.2) is 29.8 Å². The number of carbonyl (C=O) groups excluding carboxylic acids is 2. The number of benzene rings is 3. The first-order valence-corrected chi connectivity index (χ1v) is 10.9. The van der Waals surface area contributed by atoms with Crippen molar-refractivity contribution in [2.24, 2.45) is 11.1 Å². The molecule has 1 unspecified atom stereocenters. The SMILES string of the molecule is NC(=O)C1(Cc2ccccc2-c2ccccc2)CCCN(C(=O)Cc2cccc(F)c2)C1. The van der Waals surface area contributed by atoms with Crippen LogP contribution < -0.4 is 5.73 Å². The summed E-state index contributed by atoms with van der Waals surface area (Å²) in [7, 11) is 0. The molecular formula is C27H27FN2O2. The van der Waals surface area contributed by atoms with Gasteiger partial charge in [0, 0.05) is 13.1 Å². The molecule has 164 valence electrons.